The molecule has 2 aromatic carbocycles. The van der Waals surface area contributed by atoms with Gasteiger partial charge in [-0.25, -0.2) is 14.2 Å². The normalized spacial score (nSPS) is 11.5. The van der Waals surface area contributed by atoms with Crippen LogP contribution in [-0.4, -0.2) is 31.1 Å². The number of aliphatic hydroxyl groups excluding tert-OH is 1. The van der Waals surface area contributed by atoms with Crippen LogP contribution in [0, 0.1) is 0 Å². The number of aliphatic hydroxyl groups is 1. The Morgan fingerprint density at radius 2 is 1.77 bits per heavy atom. The number of carbonyl (C=O) groups is 2. The van der Waals surface area contributed by atoms with Crippen LogP contribution in [0.2, 0.25) is 0 Å². The molecule has 3 aromatic rings. The number of nitrogens with one attached hydrogen (secondary N) is 2. The first kappa shape index (κ1) is 21.1. The number of amides is 2. The number of anilines is 2. The van der Waals surface area contributed by atoms with E-state index in [1.165, 1.54) is 25.3 Å². The fraction of sp³-hybridized carbons (Fsp3) is 0.100. The van der Waals surface area contributed by atoms with Crippen molar-refractivity contribution in [2.75, 3.05) is 11.1 Å². The van der Waals surface area contributed by atoms with Crippen LogP contribution in [0.3, 0.4) is 0 Å². The minimum atomic E-state index is -1.67. The minimum Gasteiger partial charge on any atom is -0.392 e. The molecular formula is C20H19N5O4S. The maximum Gasteiger partial charge on any atom is 0.278 e. The lowest BCUT2D eigenvalue weighted by atomic mass is 10.1. The second-order valence-corrected chi connectivity index (χ2v) is 7.46. The summed E-state index contributed by atoms with van der Waals surface area (Å²) in [5, 5.41) is 11.8. The van der Waals surface area contributed by atoms with Crippen molar-refractivity contribution < 1.29 is 18.9 Å². The van der Waals surface area contributed by atoms with Gasteiger partial charge in [0.1, 0.15) is 0 Å². The third-order valence-corrected chi connectivity index (χ3v) is 5.18. The Kier molecular flexibility index (Phi) is 6.50. The zero-order valence-corrected chi connectivity index (χ0v) is 16.8. The monoisotopic (exact) mass is 425 g/mol. The van der Waals surface area contributed by atoms with Gasteiger partial charge in [0.2, 0.25) is 5.91 Å². The predicted octanol–water partition coefficient (Wildman–Crippen LogP) is 1.63. The SMILES string of the molecule is CC(=O)NS(=O)c1ccc(NC(=O)c2nc(-c3ccc(CO)cc3)cnc2N)cc1. The zero-order chi connectivity index (χ0) is 21.7. The lowest BCUT2D eigenvalue weighted by Gasteiger charge is -2.09. The summed E-state index contributed by atoms with van der Waals surface area (Å²) in [5.41, 5.74) is 8.16. The number of aromatic nitrogens is 2. The fourth-order valence-electron chi connectivity index (χ4n) is 2.53. The molecule has 1 unspecified atom stereocenters. The Hall–Kier alpha value is -3.63. The van der Waals surface area contributed by atoms with Crippen molar-refractivity contribution in [3.05, 3.63) is 66.0 Å². The van der Waals surface area contributed by atoms with E-state index in [9.17, 15) is 13.8 Å². The molecule has 5 N–H and O–H groups in total. The molecular weight excluding hydrogens is 406 g/mol. The molecule has 154 valence electrons. The number of hydrogen-bond acceptors (Lipinski definition) is 7. The molecule has 1 atom stereocenters. The molecule has 0 aliphatic carbocycles. The number of benzene rings is 2. The third kappa shape index (κ3) is 5.04. The van der Waals surface area contributed by atoms with Crippen LogP contribution in [0.5, 0.6) is 0 Å². The molecule has 0 spiro atoms. The Balaban J connectivity index is 1.78. The first-order valence-corrected chi connectivity index (χ1v) is 9.95. The zero-order valence-electron chi connectivity index (χ0n) is 16.0. The molecule has 0 aliphatic heterocycles. The molecule has 0 saturated heterocycles. The average Bonchev–Trinajstić information content (AvgIpc) is 2.74. The highest BCUT2D eigenvalue weighted by atomic mass is 32.2. The molecule has 0 radical (unpaired) electrons. The molecule has 2 amide bonds. The molecule has 0 bridgehead atoms. The van der Waals surface area contributed by atoms with Gasteiger partial charge in [0.15, 0.2) is 22.5 Å². The van der Waals surface area contributed by atoms with Gasteiger partial charge in [-0.3, -0.25) is 14.3 Å². The lowest BCUT2D eigenvalue weighted by molar-refractivity contribution is -0.117. The summed E-state index contributed by atoms with van der Waals surface area (Å²) < 4.78 is 14.2. The maximum atomic E-state index is 12.6. The van der Waals surface area contributed by atoms with E-state index in [2.05, 4.69) is 20.0 Å². The van der Waals surface area contributed by atoms with Crippen LogP contribution >= 0.6 is 0 Å². The predicted molar refractivity (Wildman–Crippen MR) is 112 cm³/mol. The highest BCUT2D eigenvalue weighted by Gasteiger charge is 2.15. The largest absolute Gasteiger partial charge is 0.392 e. The Morgan fingerprint density at radius 3 is 2.37 bits per heavy atom. The van der Waals surface area contributed by atoms with Gasteiger partial charge in [-0.05, 0) is 29.8 Å². The van der Waals surface area contributed by atoms with Gasteiger partial charge in [-0.2, -0.15) is 0 Å². The third-order valence-electron chi connectivity index (χ3n) is 4.01. The summed E-state index contributed by atoms with van der Waals surface area (Å²) in [6.07, 6.45) is 1.46. The first-order valence-electron chi connectivity index (χ1n) is 8.80. The van der Waals surface area contributed by atoms with Gasteiger partial charge < -0.3 is 16.2 Å². The lowest BCUT2D eigenvalue weighted by Crippen LogP contribution is -2.22. The van der Waals surface area contributed by atoms with Crippen molar-refractivity contribution in [2.45, 2.75) is 18.4 Å². The second-order valence-electron chi connectivity index (χ2n) is 6.25. The van der Waals surface area contributed by atoms with Crippen molar-refractivity contribution in [2.24, 2.45) is 0 Å². The van der Waals surface area contributed by atoms with Crippen molar-refractivity contribution >= 4 is 34.3 Å². The van der Waals surface area contributed by atoms with E-state index in [0.29, 0.717) is 16.3 Å². The maximum absolute atomic E-state index is 12.6. The number of nitrogens with two attached hydrogens (primary N) is 1. The van der Waals surface area contributed by atoms with Crippen molar-refractivity contribution in [1.29, 1.82) is 0 Å². The number of hydrogen-bond donors (Lipinski definition) is 4. The van der Waals surface area contributed by atoms with Gasteiger partial charge in [-0.1, -0.05) is 24.3 Å². The topological polar surface area (TPSA) is 147 Å². The number of rotatable bonds is 6. The first-order chi connectivity index (χ1) is 14.4. The summed E-state index contributed by atoms with van der Waals surface area (Å²) in [6.45, 7) is 1.20. The standard InChI is InChI=1S/C20H19N5O4S/c1-12(27)25-30(29)16-8-6-15(7-9-16)23-20(28)18-19(21)22-10-17(24-18)14-4-2-13(11-26)3-5-14/h2-10,26H,11H2,1H3,(H2,21,22)(H,23,28)(H,25,27). The Morgan fingerprint density at radius 1 is 1.10 bits per heavy atom. The van der Waals surface area contributed by atoms with Gasteiger partial charge in [0.05, 0.1) is 23.4 Å². The van der Waals surface area contributed by atoms with E-state index < -0.39 is 22.8 Å². The second kappa shape index (κ2) is 9.25. The molecule has 3 rings (SSSR count). The molecule has 1 heterocycles. The molecule has 0 aliphatic rings. The van der Waals surface area contributed by atoms with E-state index in [1.807, 2.05) is 0 Å². The minimum absolute atomic E-state index is 0.0217. The van der Waals surface area contributed by atoms with Crippen molar-refractivity contribution in [3.8, 4) is 11.3 Å². The molecule has 1 aromatic heterocycles. The highest BCUT2D eigenvalue weighted by Crippen LogP contribution is 2.20. The van der Waals surface area contributed by atoms with Gasteiger partial charge in [0.25, 0.3) is 5.91 Å². The molecule has 10 heteroatoms. The van der Waals surface area contributed by atoms with E-state index in [-0.39, 0.29) is 18.1 Å². The van der Waals surface area contributed by atoms with Gasteiger partial charge in [0, 0.05) is 18.2 Å². The van der Waals surface area contributed by atoms with Crippen LogP contribution in [0.1, 0.15) is 23.0 Å². The summed E-state index contributed by atoms with van der Waals surface area (Å²) in [5.74, 6) is -0.984. The fourth-order valence-corrected chi connectivity index (χ4v) is 3.29. The number of nitrogen functional groups attached to an aromatic ring is 1. The van der Waals surface area contributed by atoms with Crippen LogP contribution in [0.4, 0.5) is 11.5 Å². The van der Waals surface area contributed by atoms with Crippen molar-refractivity contribution in [1.82, 2.24) is 14.7 Å². The van der Waals surface area contributed by atoms with Crippen molar-refractivity contribution in [3.63, 3.8) is 0 Å². The summed E-state index contributed by atoms with van der Waals surface area (Å²) in [7, 11) is -1.67. The van der Waals surface area contributed by atoms with Crippen LogP contribution < -0.4 is 15.8 Å². The summed E-state index contributed by atoms with van der Waals surface area (Å²) in [6, 6.07) is 13.2. The average molecular weight is 425 g/mol. The van der Waals surface area contributed by atoms with E-state index in [4.69, 9.17) is 10.8 Å². The Labute approximate surface area is 175 Å². The number of nitrogens with zero attached hydrogens (tertiary/aromatic N) is 2. The molecule has 30 heavy (non-hydrogen) atoms. The summed E-state index contributed by atoms with van der Waals surface area (Å²) in [4.78, 5) is 32.4. The Bertz CT molecular complexity index is 1100. The molecule has 0 saturated carbocycles. The van der Waals surface area contributed by atoms with Crippen LogP contribution in [0.15, 0.2) is 59.6 Å². The van der Waals surface area contributed by atoms with Gasteiger partial charge >= 0.3 is 0 Å². The molecule has 0 fully saturated rings. The quantitative estimate of drug-likeness (QED) is 0.469. The summed E-state index contributed by atoms with van der Waals surface area (Å²) >= 11 is 0. The highest BCUT2D eigenvalue weighted by molar-refractivity contribution is 7.83. The number of carbonyl (C=O) groups excluding carboxylic acids is 2. The van der Waals surface area contributed by atoms with E-state index in [0.717, 1.165) is 11.1 Å². The van der Waals surface area contributed by atoms with Gasteiger partial charge in [-0.15, -0.1) is 0 Å². The van der Waals surface area contributed by atoms with E-state index in [1.54, 1.807) is 36.4 Å². The van der Waals surface area contributed by atoms with Crippen LogP contribution in [0.25, 0.3) is 11.3 Å². The smallest absolute Gasteiger partial charge is 0.278 e. The molecule has 9 nitrogen and oxygen atoms in total. The van der Waals surface area contributed by atoms with E-state index >= 15 is 0 Å². The van der Waals surface area contributed by atoms with Crippen LogP contribution in [-0.2, 0) is 22.4 Å².